The van der Waals surface area contributed by atoms with E-state index in [4.69, 9.17) is 23.2 Å². The number of nitrogens with one attached hydrogen (secondary N) is 1. The minimum atomic E-state index is -4.64. The van der Waals surface area contributed by atoms with Gasteiger partial charge >= 0.3 is 6.18 Å². The Labute approximate surface area is 190 Å². The fraction of sp³-hybridized carbons (Fsp3) is 0.632. The fourth-order valence-corrected chi connectivity index (χ4v) is 4.45. The number of carbonyl (C=O) groups excluding carboxylic acids is 1. The highest BCUT2D eigenvalue weighted by Gasteiger charge is 2.42. The van der Waals surface area contributed by atoms with Gasteiger partial charge in [-0.05, 0) is 32.1 Å². The van der Waals surface area contributed by atoms with E-state index in [0.717, 1.165) is 25.7 Å². The molecule has 0 aromatic carbocycles. The molecular formula is C19H20Cl2F5N5O. The molecule has 0 atom stereocenters. The maximum Gasteiger partial charge on any atom is 0.436 e. The van der Waals surface area contributed by atoms with E-state index < -0.39 is 29.9 Å². The quantitative estimate of drug-likeness (QED) is 0.375. The third-order valence-corrected chi connectivity index (χ3v) is 6.21. The minimum absolute atomic E-state index is 0.0172. The van der Waals surface area contributed by atoms with Crippen LogP contribution in [-0.4, -0.2) is 32.0 Å². The van der Waals surface area contributed by atoms with Crippen molar-refractivity contribution in [2.75, 3.05) is 6.54 Å². The van der Waals surface area contributed by atoms with Gasteiger partial charge in [0, 0.05) is 24.9 Å². The van der Waals surface area contributed by atoms with E-state index in [1.165, 1.54) is 9.36 Å². The lowest BCUT2D eigenvalue weighted by Crippen LogP contribution is -2.30. The number of aryl methyl sites for hydroxylation is 1. The molecule has 0 spiro atoms. The van der Waals surface area contributed by atoms with E-state index in [1.54, 1.807) is 0 Å². The third-order valence-electron chi connectivity index (χ3n) is 5.45. The molecule has 0 saturated heterocycles. The molecule has 0 aliphatic heterocycles. The van der Waals surface area contributed by atoms with Gasteiger partial charge in [-0.3, -0.25) is 14.2 Å². The molecule has 6 nitrogen and oxygen atoms in total. The monoisotopic (exact) mass is 499 g/mol. The maximum absolute atomic E-state index is 13.1. The van der Waals surface area contributed by atoms with Gasteiger partial charge < -0.3 is 5.32 Å². The lowest BCUT2D eigenvalue weighted by Gasteiger charge is -2.10. The SMILES string of the molecule is O=C(Cn1nc(C(F)F)c(Cl)c1C1CC1)NCCCn1nc(C(F)(F)F)c(Cl)c1C1CC1. The van der Waals surface area contributed by atoms with Crippen molar-refractivity contribution in [2.24, 2.45) is 0 Å². The first-order valence-corrected chi connectivity index (χ1v) is 11.0. The zero-order valence-corrected chi connectivity index (χ0v) is 18.2. The van der Waals surface area contributed by atoms with Crippen LogP contribution in [0, 0.1) is 0 Å². The van der Waals surface area contributed by atoms with Gasteiger partial charge in [0.05, 0.1) is 21.4 Å². The van der Waals surface area contributed by atoms with Crippen molar-refractivity contribution >= 4 is 29.1 Å². The summed E-state index contributed by atoms with van der Waals surface area (Å²) in [6, 6.07) is 0. The molecule has 2 saturated carbocycles. The number of carbonyl (C=O) groups is 1. The Kier molecular flexibility index (Phi) is 6.41. The second-order valence-corrected chi connectivity index (χ2v) is 8.82. The first kappa shape index (κ1) is 23.3. The molecule has 2 fully saturated rings. The number of nitrogens with zero attached hydrogens (tertiary/aromatic N) is 4. The van der Waals surface area contributed by atoms with Gasteiger partial charge in [0.2, 0.25) is 5.91 Å². The Morgan fingerprint density at radius 2 is 1.62 bits per heavy atom. The normalized spacial score (nSPS) is 16.8. The van der Waals surface area contributed by atoms with Crippen molar-refractivity contribution in [1.82, 2.24) is 24.9 Å². The Morgan fingerprint density at radius 3 is 2.16 bits per heavy atom. The zero-order chi connectivity index (χ0) is 23.2. The lowest BCUT2D eigenvalue weighted by molar-refractivity contribution is -0.141. The highest BCUT2D eigenvalue weighted by Crippen LogP contribution is 2.47. The number of hydrogen-bond acceptors (Lipinski definition) is 3. The number of alkyl halides is 5. The summed E-state index contributed by atoms with van der Waals surface area (Å²) < 4.78 is 68.0. The summed E-state index contributed by atoms with van der Waals surface area (Å²) >= 11 is 12.0. The Hall–Kier alpha value is -1.88. The van der Waals surface area contributed by atoms with E-state index in [-0.39, 0.29) is 41.5 Å². The van der Waals surface area contributed by atoms with Crippen molar-refractivity contribution < 1.29 is 26.7 Å². The standard InChI is InChI=1S/C19H20Cl2F5N5O/c20-12-14(18(22)23)28-31(15(12)9-2-3-9)8-11(32)27-6-1-7-30-16(10-4-5-10)13(21)17(29-30)19(24,25)26/h9-10,18H,1-8H2,(H,27,32). The number of halogens is 7. The topological polar surface area (TPSA) is 64.7 Å². The molecule has 1 N–H and O–H groups in total. The van der Waals surface area contributed by atoms with Crippen LogP contribution in [0.3, 0.4) is 0 Å². The molecule has 0 bridgehead atoms. The van der Waals surface area contributed by atoms with Crippen molar-refractivity contribution in [3.8, 4) is 0 Å². The molecule has 13 heteroatoms. The Bertz CT molecular complexity index is 1010. The summed E-state index contributed by atoms with van der Waals surface area (Å²) in [6.45, 7) is 0.0486. The predicted molar refractivity (Wildman–Crippen MR) is 106 cm³/mol. The number of rotatable bonds is 9. The molecule has 32 heavy (non-hydrogen) atoms. The van der Waals surface area contributed by atoms with E-state index in [2.05, 4.69) is 15.5 Å². The van der Waals surface area contributed by atoms with Gasteiger partial charge in [-0.2, -0.15) is 23.4 Å². The average molecular weight is 500 g/mol. The summed E-state index contributed by atoms with van der Waals surface area (Å²) in [6.07, 6.45) is -4.05. The molecule has 2 heterocycles. The highest BCUT2D eigenvalue weighted by molar-refractivity contribution is 6.32. The Morgan fingerprint density at radius 1 is 1.03 bits per heavy atom. The molecular weight excluding hydrogens is 480 g/mol. The first-order chi connectivity index (χ1) is 15.1. The van der Waals surface area contributed by atoms with Crippen LogP contribution in [0.15, 0.2) is 0 Å². The second-order valence-electron chi connectivity index (χ2n) is 8.06. The number of aromatic nitrogens is 4. The van der Waals surface area contributed by atoms with Crippen LogP contribution in [0.5, 0.6) is 0 Å². The summed E-state index contributed by atoms with van der Waals surface area (Å²) in [5, 5.41) is 9.62. The largest absolute Gasteiger partial charge is 0.436 e. The van der Waals surface area contributed by atoms with Crippen molar-refractivity contribution in [2.45, 2.75) is 69.6 Å². The molecule has 2 aromatic rings. The maximum atomic E-state index is 13.1. The van der Waals surface area contributed by atoms with Gasteiger partial charge in [0.25, 0.3) is 6.43 Å². The van der Waals surface area contributed by atoms with E-state index in [0.29, 0.717) is 17.8 Å². The fourth-order valence-electron chi connectivity index (χ4n) is 3.68. The molecule has 0 radical (unpaired) electrons. The van der Waals surface area contributed by atoms with Gasteiger partial charge in [-0.1, -0.05) is 23.2 Å². The number of amides is 1. The van der Waals surface area contributed by atoms with Crippen molar-refractivity contribution in [1.29, 1.82) is 0 Å². The molecule has 2 aliphatic carbocycles. The van der Waals surface area contributed by atoms with Crippen LogP contribution >= 0.6 is 23.2 Å². The zero-order valence-electron chi connectivity index (χ0n) is 16.7. The third kappa shape index (κ3) is 4.88. The van der Waals surface area contributed by atoms with E-state index in [9.17, 15) is 26.7 Å². The van der Waals surface area contributed by atoms with Crippen LogP contribution in [0.2, 0.25) is 10.0 Å². The van der Waals surface area contributed by atoms with Crippen molar-refractivity contribution in [3.63, 3.8) is 0 Å². The average Bonchev–Trinajstić information content (AvgIpc) is 3.62. The predicted octanol–water partition coefficient (Wildman–Crippen LogP) is 5.30. The van der Waals surface area contributed by atoms with E-state index in [1.807, 2.05) is 0 Å². The molecule has 2 aromatic heterocycles. The molecule has 0 unspecified atom stereocenters. The van der Waals surface area contributed by atoms with Crippen LogP contribution in [-0.2, 0) is 24.1 Å². The summed E-state index contributed by atoms with van der Waals surface area (Å²) in [5.74, 6) is -0.470. The lowest BCUT2D eigenvalue weighted by atomic mass is 10.2. The van der Waals surface area contributed by atoms with Crippen LogP contribution in [0.25, 0.3) is 0 Å². The molecule has 1 amide bonds. The van der Waals surface area contributed by atoms with E-state index >= 15 is 0 Å². The van der Waals surface area contributed by atoms with Gasteiger partial charge in [0.15, 0.2) is 5.69 Å². The van der Waals surface area contributed by atoms with Crippen LogP contribution in [0.1, 0.15) is 73.1 Å². The van der Waals surface area contributed by atoms with Gasteiger partial charge in [0.1, 0.15) is 12.2 Å². The number of hydrogen-bond donors (Lipinski definition) is 1. The summed E-state index contributed by atoms with van der Waals surface area (Å²) in [7, 11) is 0. The molecule has 176 valence electrons. The molecule has 2 aliphatic rings. The van der Waals surface area contributed by atoms with Gasteiger partial charge in [-0.25, -0.2) is 8.78 Å². The highest BCUT2D eigenvalue weighted by atomic mass is 35.5. The van der Waals surface area contributed by atoms with Crippen LogP contribution < -0.4 is 5.32 Å². The van der Waals surface area contributed by atoms with Crippen LogP contribution in [0.4, 0.5) is 22.0 Å². The Balaban J connectivity index is 1.34. The smallest absolute Gasteiger partial charge is 0.354 e. The molecule has 4 rings (SSSR count). The minimum Gasteiger partial charge on any atom is -0.354 e. The second kappa shape index (κ2) is 8.81. The summed E-state index contributed by atoms with van der Waals surface area (Å²) in [4.78, 5) is 12.3. The first-order valence-electron chi connectivity index (χ1n) is 10.2. The van der Waals surface area contributed by atoms with Crippen molar-refractivity contribution in [3.05, 3.63) is 32.8 Å². The van der Waals surface area contributed by atoms with Gasteiger partial charge in [-0.15, -0.1) is 0 Å². The summed E-state index contributed by atoms with van der Waals surface area (Å²) in [5.41, 5.74) is -0.810.